The zero-order valence-corrected chi connectivity index (χ0v) is 9.78. The van der Waals surface area contributed by atoms with E-state index in [0.29, 0.717) is 0 Å². The quantitative estimate of drug-likeness (QED) is 0.895. The minimum atomic E-state index is -1.14. The fraction of sp³-hybridized carbons (Fsp3) is 0. The van der Waals surface area contributed by atoms with Crippen molar-refractivity contribution in [2.45, 2.75) is 0 Å². The highest BCUT2D eigenvalue weighted by atomic mass is 35.5. The molecule has 0 aliphatic heterocycles. The number of carbonyl (C=O) groups is 1. The molecule has 1 aromatic carbocycles. The third-order valence-corrected chi connectivity index (χ3v) is 2.46. The summed E-state index contributed by atoms with van der Waals surface area (Å²) in [5.41, 5.74) is 0.0763. The van der Waals surface area contributed by atoms with Crippen LogP contribution in [-0.4, -0.2) is 16.1 Å². The van der Waals surface area contributed by atoms with Crippen molar-refractivity contribution >= 4 is 29.1 Å². The Balaban J connectivity index is 2.37. The Morgan fingerprint density at radius 1 is 1.39 bits per heavy atom. The second-order valence-corrected chi connectivity index (χ2v) is 3.89. The Hall–Kier alpha value is -2.14. The average molecular weight is 267 g/mol. The van der Waals surface area contributed by atoms with Gasteiger partial charge in [-0.2, -0.15) is 0 Å². The highest BCUT2D eigenvalue weighted by Crippen LogP contribution is 2.23. The van der Waals surface area contributed by atoms with Crippen LogP contribution in [0.2, 0.25) is 5.02 Å². The molecule has 2 rings (SSSR count). The smallest absolute Gasteiger partial charge is 0.339 e. The van der Waals surface area contributed by atoms with Crippen molar-refractivity contribution in [1.82, 2.24) is 4.98 Å². The minimum Gasteiger partial charge on any atom is -0.478 e. The first-order chi connectivity index (χ1) is 8.58. The molecule has 18 heavy (non-hydrogen) atoms. The summed E-state index contributed by atoms with van der Waals surface area (Å²) in [5, 5.41) is 11.8. The van der Waals surface area contributed by atoms with Gasteiger partial charge in [0.2, 0.25) is 0 Å². The Bertz CT molecular complexity index is 604. The topological polar surface area (TPSA) is 62.2 Å². The van der Waals surface area contributed by atoms with E-state index in [1.807, 2.05) is 0 Å². The minimum absolute atomic E-state index is 0.0353. The van der Waals surface area contributed by atoms with Crippen LogP contribution in [0.1, 0.15) is 10.4 Å². The van der Waals surface area contributed by atoms with Crippen LogP contribution in [-0.2, 0) is 0 Å². The Kier molecular flexibility index (Phi) is 3.43. The lowest BCUT2D eigenvalue weighted by Gasteiger charge is -2.09. The molecule has 0 aliphatic carbocycles. The number of rotatable bonds is 3. The van der Waals surface area contributed by atoms with Crippen molar-refractivity contribution in [1.29, 1.82) is 0 Å². The molecule has 1 heterocycles. The van der Waals surface area contributed by atoms with Crippen LogP contribution in [0.15, 0.2) is 36.5 Å². The van der Waals surface area contributed by atoms with Crippen LogP contribution in [0.4, 0.5) is 15.9 Å². The highest BCUT2D eigenvalue weighted by Gasteiger charge is 2.12. The molecule has 92 valence electrons. The molecule has 4 nitrogen and oxygen atoms in total. The number of aromatic carboxylic acids is 1. The number of anilines is 2. The molecule has 6 heteroatoms. The molecule has 0 aliphatic rings. The number of hydrogen-bond acceptors (Lipinski definition) is 3. The zero-order valence-electron chi connectivity index (χ0n) is 9.02. The predicted octanol–water partition coefficient (Wildman–Crippen LogP) is 3.32. The average Bonchev–Trinajstić information content (AvgIpc) is 2.33. The van der Waals surface area contributed by atoms with E-state index >= 15 is 0 Å². The normalized spacial score (nSPS) is 10.1. The molecule has 2 aromatic rings. The Labute approximate surface area is 107 Å². The molecule has 0 spiro atoms. The largest absolute Gasteiger partial charge is 0.478 e. The lowest BCUT2D eigenvalue weighted by Crippen LogP contribution is -2.05. The maximum atomic E-state index is 13.5. The van der Waals surface area contributed by atoms with Gasteiger partial charge in [-0.3, -0.25) is 0 Å². The monoisotopic (exact) mass is 266 g/mol. The Morgan fingerprint density at radius 2 is 2.17 bits per heavy atom. The van der Waals surface area contributed by atoms with Crippen molar-refractivity contribution in [3.8, 4) is 0 Å². The fourth-order valence-electron chi connectivity index (χ4n) is 1.40. The number of pyridine rings is 1. The Morgan fingerprint density at radius 3 is 2.83 bits per heavy atom. The van der Waals surface area contributed by atoms with Gasteiger partial charge in [0, 0.05) is 11.2 Å². The number of halogens is 2. The van der Waals surface area contributed by atoms with E-state index in [1.165, 1.54) is 30.5 Å². The second kappa shape index (κ2) is 5.01. The van der Waals surface area contributed by atoms with Gasteiger partial charge < -0.3 is 10.4 Å². The summed E-state index contributed by atoms with van der Waals surface area (Å²) in [7, 11) is 0. The SMILES string of the molecule is O=C(O)c1cccnc1Nc1ccc(Cl)cc1F. The molecule has 0 bridgehead atoms. The second-order valence-electron chi connectivity index (χ2n) is 3.45. The number of aromatic nitrogens is 1. The molecule has 0 radical (unpaired) electrons. The number of benzene rings is 1. The van der Waals surface area contributed by atoms with E-state index in [-0.39, 0.29) is 22.1 Å². The van der Waals surface area contributed by atoms with E-state index in [1.54, 1.807) is 0 Å². The van der Waals surface area contributed by atoms with Crippen molar-refractivity contribution in [2.75, 3.05) is 5.32 Å². The van der Waals surface area contributed by atoms with E-state index in [9.17, 15) is 9.18 Å². The van der Waals surface area contributed by atoms with Gasteiger partial charge >= 0.3 is 5.97 Å². The summed E-state index contributed by atoms with van der Waals surface area (Å²) in [6.07, 6.45) is 1.42. The van der Waals surface area contributed by atoms with E-state index in [2.05, 4.69) is 10.3 Å². The van der Waals surface area contributed by atoms with Gasteiger partial charge in [0.15, 0.2) is 0 Å². The number of hydrogen-bond donors (Lipinski definition) is 2. The number of nitrogens with one attached hydrogen (secondary N) is 1. The maximum Gasteiger partial charge on any atom is 0.339 e. The summed E-state index contributed by atoms with van der Waals surface area (Å²) in [4.78, 5) is 14.8. The maximum absolute atomic E-state index is 13.5. The van der Waals surface area contributed by atoms with Crippen molar-refractivity contribution < 1.29 is 14.3 Å². The molecule has 1 aromatic heterocycles. The molecular formula is C12H8ClFN2O2. The first-order valence-electron chi connectivity index (χ1n) is 4.98. The van der Waals surface area contributed by atoms with E-state index in [4.69, 9.17) is 16.7 Å². The van der Waals surface area contributed by atoms with Gasteiger partial charge in [0.25, 0.3) is 0 Å². The van der Waals surface area contributed by atoms with Crippen molar-refractivity contribution in [2.24, 2.45) is 0 Å². The number of carboxylic acid groups (broad SMARTS) is 1. The van der Waals surface area contributed by atoms with Crippen LogP contribution < -0.4 is 5.32 Å². The van der Waals surface area contributed by atoms with Gasteiger partial charge in [-0.15, -0.1) is 0 Å². The standard InChI is InChI=1S/C12H8ClFN2O2/c13-7-3-4-10(9(14)6-7)16-11-8(12(17)18)2-1-5-15-11/h1-6H,(H,15,16)(H,17,18). The van der Waals surface area contributed by atoms with E-state index < -0.39 is 11.8 Å². The molecule has 2 N–H and O–H groups in total. The van der Waals surface area contributed by atoms with Gasteiger partial charge in [-0.25, -0.2) is 14.2 Å². The number of carboxylic acids is 1. The molecular weight excluding hydrogens is 259 g/mol. The third-order valence-electron chi connectivity index (χ3n) is 2.22. The number of nitrogens with zero attached hydrogens (tertiary/aromatic N) is 1. The lowest BCUT2D eigenvalue weighted by atomic mass is 10.2. The predicted molar refractivity (Wildman–Crippen MR) is 65.9 cm³/mol. The van der Waals surface area contributed by atoms with Gasteiger partial charge in [-0.05, 0) is 30.3 Å². The van der Waals surface area contributed by atoms with Crippen molar-refractivity contribution in [3.63, 3.8) is 0 Å². The van der Waals surface area contributed by atoms with Gasteiger partial charge in [-0.1, -0.05) is 11.6 Å². The summed E-state index contributed by atoms with van der Waals surface area (Å²) >= 11 is 5.62. The lowest BCUT2D eigenvalue weighted by molar-refractivity contribution is 0.0697. The first kappa shape index (κ1) is 12.3. The van der Waals surface area contributed by atoms with Crippen LogP contribution in [0.3, 0.4) is 0 Å². The van der Waals surface area contributed by atoms with Crippen LogP contribution in [0.5, 0.6) is 0 Å². The molecule has 0 saturated carbocycles. The molecule has 0 saturated heterocycles. The molecule has 0 amide bonds. The summed E-state index contributed by atoms with van der Waals surface area (Å²) in [6.45, 7) is 0. The van der Waals surface area contributed by atoms with Gasteiger partial charge in [0.1, 0.15) is 17.2 Å². The van der Waals surface area contributed by atoms with Crippen LogP contribution >= 0.6 is 11.6 Å². The highest BCUT2D eigenvalue weighted by molar-refractivity contribution is 6.30. The fourth-order valence-corrected chi connectivity index (χ4v) is 1.55. The van der Waals surface area contributed by atoms with Crippen LogP contribution in [0, 0.1) is 5.82 Å². The summed E-state index contributed by atoms with van der Waals surface area (Å²) in [6, 6.07) is 6.92. The van der Waals surface area contributed by atoms with Crippen molar-refractivity contribution in [3.05, 3.63) is 52.9 Å². The van der Waals surface area contributed by atoms with Gasteiger partial charge in [0.05, 0.1) is 5.69 Å². The molecule has 0 atom stereocenters. The third kappa shape index (κ3) is 2.57. The molecule has 0 fully saturated rings. The van der Waals surface area contributed by atoms with E-state index in [0.717, 1.165) is 6.07 Å². The zero-order chi connectivity index (χ0) is 13.1. The molecule has 0 unspecified atom stereocenters. The first-order valence-corrected chi connectivity index (χ1v) is 5.36. The summed E-state index contributed by atoms with van der Waals surface area (Å²) in [5.74, 6) is -1.64. The summed E-state index contributed by atoms with van der Waals surface area (Å²) < 4.78 is 13.5. The van der Waals surface area contributed by atoms with Crippen LogP contribution in [0.25, 0.3) is 0 Å².